The summed E-state index contributed by atoms with van der Waals surface area (Å²) in [5, 5.41) is 16.8. The van der Waals surface area contributed by atoms with E-state index in [0.717, 1.165) is 5.69 Å². The van der Waals surface area contributed by atoms with E-state index in [4.69, 9.17) is 15.6 Å². The minimum Gasteiger partial charge on any atom is -0.481 e. The van der Waals surface area contributed by atoms with Crippen LogP contribution in [0.25, 0.3) is 0 Å². The summed E-state index contributed by atoms with van der Waals surface area (Å²) in [6, 6.07) is 15.1. The molecule has 0 aromatic heterocycles. The van der Waals surface area contributed by atoms with Crippen LogP contribution in [0.4, 0.5) is 11.4 Å². The predicted octanol–water partition coefficient (Wildman–Crippen LogP) is 2.95. The van der Waals surface area contributed by atoms with Gasteiger partial charge in [0.05, 0.1) is 17.8 Å². The number of carbonyl (C=O) groups is 2. The molecule has 0 spiro atoms. The van der Waals surface area contributed by atoms with Crippen molar-refractivity contribution < 1.29 is 19.4 Å². The van der Waals surface area contributed by atoms with Crippen molar-refractivity contribution in [3.63, 3.8) is 0 Å². The Balaban J connectivity index is 1.94. The first-order valence-electron chi connectivity index (χ1n) is 7.24. The maximum atomic E-state index is 11.6. The topological polar surface area (TPSA) is 114 Å². The second-order valence-corrected chi connectivity index (χ2v) is 5.02. The molecule has 24 heavy (non-hydrogen) atoms. The van der Waals surface area contributed by atoms with Gasteiger partial charge in [-0.1, -0.05) is 30.3 Å². The van der Waals surface area contributed by atoms with Crippen LogP contribution in [0.1, 0.15) is 12.0 Å². The molecule has 0 saturated carbocycles. The maximum absolute atomic E-state index is 11.6. The van der Waals surface area contributed by atoms with Gasteiger partial charge in [-0.25, -0.2) is 0 Å². The van der Waals surface area contributed by atoms with Gasteiger partial charge in [0.2, 0.25) is 0 Å². The molecule has 0 saturated heterocycles. The average molecular weight is 327 g/mol. The van der Waals surface area contributed by atoms with Crippen molar-refractivity contribution >= 4 is 23.3 Å². The highest BCUT2D eigenvalue weighted by molar-refractivity contribution is 5.81. The normalized spacial score (nSPS) is 12.0. The third kappa shape index (κ3) is 5.62. The summed E-state index contributed by atoms with van der Waals surface area (Å²) >= 11 is 0. The quantitative estimate of drug-likeness (QED) is 0.599. The lowest BCUT2D eigenvalue weighted by molar-refractivity contribution is -0.150. The number of aliphatic carboxylic acids is 1. The maximum Gasteiger partial charge on any atom is 0.323 e. The Kier molecular flexibility index (Phi) is 6.16. The molecule has 2 aromatic rings. The standard InChI is InChI=1S/C17H17N3O4/c18-15(10-16(21)22)17(23)24-11-12-5-4-8-14(9-12)20-19-13-6-2-1-3-7-13/h1-9,15H,10-11,18H2,(H,21,22). The van der Waals surface area contributed by atoms with E-state index >= 15 is 0 Å². The smallest absolute Gasteiger partial charge is 0.323 e. The van der Waals surface area contributed by atoms with Gasteiger partial charge in [0.25, 0.3) is 0 Å². The Hall–Kier alpha value is -3.06. The molecule has 0 heterocycles. The van der Waals surface area contributed by atoms with Gasteiger partial charge in [0.1, 0.15) is 12.6 Å². The molecule has 2 rings (SSSR count). The van der Waals surface area contributed by atoms with Crippen molar-refractivity contribution in [3.05, 3.63) is 60.2 Å². The van der Waals surface area contributed by atoms with Gasteiger partial charge in [0.15, 0.2) is 0 Å². The van der Waals surface area contributed by atoms with Crippen LogP contribution >= 0.6 is 0 Å². The number of benzene rings is 2. The lowest BCUT2D eigenvalue weighted by Crippen LogP contribution is -2.34. The van der Waals surface area contributed by atoms with Crippen LogP contribution < -0.4 is 5.73 Å². The number of esters is 1. The molecule has 1 unspecified atom stereocenters. The monoisotopic (exact) mass is 327 g/mol. The second kappa shape index (κ2) is 8.54. The number of hydrogen-bond donors (Lipinski definition) is 2. The van der Waals surface area contributed by atoms with E-state index in [2.05, 4.69) is 10.2 Å². The van der Waals surface area contributed by atoms with E-state index in [1.165, 1.54) is 0 Å². The summed E-state index contributed by atoms with van der Waals surface area (Å²) in [4.78, 5) is 22.1. The highest BCUT2D eigenvalue weighted by Crippen LogP contribution is 2.19. The van der Waals surface area contributed by atoms with Crippen LogP contribution in [0.3, 0.4) is 0 Å². The summed E-state index contributed by atoms with van der Waals surface area (Å²) in [5.41, 5.74) is 7.48. The predicted molar refractivity (Wildman–Crippen MR) is 87.1 cm³/mol. The molecule has 7 heteroatoms. The summed E-state index contributed by atoms with van der Waals surface area (Å²) in [6.07, 6.45) is -0.468. The van der Waals surface area contributed by atoms with Crippen molar-refractivity contribution in [1.82, 2.24) is 0 Å². The fourth-order valence-corrected chi connectivity index (χ4v) is 1.85. The Morgan fingerprint density at radius 1 is 1.04 bits per heavy atom. The van der Waals surface area contributed by atoms with Gasteiger partial charge in [0, 0.05) is 0 Å². The van der Waals surface area contributed by atoms with Crippen molar-refractivity contribution in [2.24, 2.45) is 16.0 Å². The van der Waals surface area contributed by atoms with E-state index in [9.17, 15) is 9.59 Å². The van der Waals surface area contributed by atoms with Crippen LogP contribution in [-0.4, -0.2) is 23.1 Å². The minimum atomic E-state index is -1.18. The fourth-order valence-electron chi connectivity index (χ4n) is 1.85. The third-order valence-corrected chi connectivity index (χ3v) is 3.03. The van der Waals surface area contributed by atoms with E-state index in [1.807, 2.05) is 30.3 Å². The third-order valence-electron chi connectivity index (χ3n) is 3.03. The molecule has 0 aliphatic heterocycles. The molecule has 124 valence electrons. The lowest BCUT2D eigenvalue weighted by atomic mass is 10.2. The van der Waals surface area contributed by atoms with Gasteiger partial charge >= 0.3 is 11.9 Å². The van der Waals surface area contributed by atoms with Crippen molar-refractivity contribution in [1.29, 1.82) is 0 Å². The number of carboxylic acid groups (broad SMARTS) is 1. The van der Waals surface area contributed by atoms with Crippen molar-refractivity contribution in [2.75, 3.05) is 0 Å². The van der Waals surface area contributed by atoms with Crippen LogP contribution in [0.15, 0.2) is 64.8 Å². The van der Waals surface area contributed by atoms with Gasteiger partial charge in [-0.05, 0) is 29.8 Å². The van der Waals surface area contributed by atoms with Crippen LogP contribution in [0.2, 0.25) is 0 Å². The molecule has 0 bridgehead atoms. The molecule has 1 atom stereocenters. The number of carboxylic acids is 1. The highest BCUT2D eigenvalue weighted by Gasteiger charge is 2.18. The first-order valence-corrected chi connectivity index (χ1v) is 7.24. The van der Waals surface area contributed by atoms with E-state index in [-0.39, 0.29) is 6.61 Å². The summed E-state index contributed by atoms with van der Waals surface area (Å²) < 4.78 is 5.01. The molecule has 0 fully saturated rings. The number of ether oxygens (including phenoxy) is 1. The van der Waals surface area contributed by atoms with Crippen LogP contribution in [0.5, 0.6) is 0 Å². The first-order chi connectivity index (χ1) is 11.5. The number of azo groups is 1. The van der Waals surface area contributed by atoms with Crippen LogP contribution in [0, 0.1) is 0 Å². The van der Waals surface area contributed by atoms with Gasteiger partial charge in [-0.3, -0.25) is 9.59 Å². The summed E-state index contributed by atoms with van der Waals surface area (Å²) in [7, 11) is 0. The number of rotatable bonds is 7. The Morgan fingerprint density at radius 3 is 2.42 bits per heavy atom. The molecule has 0 aliphatic rings. The van der Waals surface area contributed by atoms with Gasteiger partial charge in [-0.2, -0.15) is 10.2 Å². The molecule has 0 amide bonds. The largest absolute Gasteiger partial charge is 0.481 e. The molecular weight excluding hydrogens is 310 g/mol. The first kappa shape index (κ1) is 17.3. The lowest BCUT2D eigenvalue weighted by Gasteiger charge is -2.09. The molecule has 0 aliphatic carbocycles. The van der Waals surface area contributed by atoms with Crippen LogP contribution in [-0.2, 0) is 20.9 Å². The summed E-state index contributed by atoms with van der Waals surface area (Å²) in [6.45, 7) is -0.0130. The van der Waals surface area contributed by atoms with E-state index in [0.29, 0.717) is 11.3 Å². The van der Waals surface area contributed by atoms with E-state index < -0.39 is 24.4 Å². The number of nitrogens with two attached hydrogens (primary N) is 1. The van der Waals surface area contributed by atoms with Crippen molar-refractivity contribution in [3.8, 4) is 0 Å². The summed E-state index contributed by atoms with van der Waals surface area (Å²) in [5.74, 6) is -1.91. The molecule has 2 aromatic carbocycles. The Morgan fingerprint density at radius 2 is 1.71 bits per heavy atom. The molecule has 0 radical (unpaired) electrons. The van der Waals surface area contributed by atoms with Gasteiger partial charge in [-0.15, -0.1) is 0 Å². The Labute approximate surface area is 138 Å². The zero-order valence-electron chi connectivity index (χ0n) is 12.8. The van der Waals surface area contributed by atoms with E-state index in [1.54, 1.807) is 24.3 Å². The Bertz CT molecular complexity index is 732. The molecule has 7 nitrogen and oxygen atoms in total. The number of hydrogen-bond acceptors (Lipinski definition) is 6. The van der Waals surface area contributed by atoms with Gasteiger partial charge < -0.3 is 15.6 Å². The van der Waals surface area contributed by atoms with Crippen molar-refractivity contribution in [2.45, 2.75) is 19.1 Å². The molecular formula is C17H17N3O4. The molecule has 3 N–H and O–H groups in total. The number of nitrogens with zero attached hydrogens (tertiary/aromatic N) is 2. The number of carbonyl (C=O) groups excluding carboxylic acids is 1. The zero-order valence-corrected chi connectivity index (χ0v) is 12.8. The minimum absolute atomic E-state index is 0.0130. The highest BCUT2D eigenvalue weighted by atomic mass is 16.5. The zero-order chi connectivity index (χ0) is 17.4. The average Bonchev–Trinajstić information content (AvgIpc) is 2.58. The fraction of sp³-hybridized carbons (Fsp3) is 0.176. The second-order valence-electron chi connectivity index (χ2n) is 5.02. The SMILES string of the molecule is NC(CC(=O)O)C(=O)OCc1cccc(N=Nc2ccccc2)c1.